The minimum Gasteiger partial charge on any atom is -0.466 e. The van der Waals surface area contributed by atoms with Gasteiger partial charge in [-0.15, -0.1) is 0 Å². The molecule has 1 aliphatic carbocycles. The number of nitro groups is 1. The van der Waals surface area contributed by atoms with Crippen LogP contribution in [0.3, 0.4) is 0 Å². The number of carbonyl (C=O) groups excluding carboxylic acids is 3. The molecule has 0 radical (unpaired) electrons. The predicted molar refractivity (Wildman–Crippen MR) is 122 cm³/mol. The number of hydrogen-bond acceptors (Lipinski definition) is 8. The molecule has 9 heteroatoms. The second kappa shape index (κ2) is 8.93. The maximum atomic E-state index is 13.1. The summed E-state index contributed by atoms with van der Waals surface area (Å²) in [6.07, 6.45) is 0.518. The molecule has 0 saturated heterocycles. The van der Waals surface area contributed by atoms with Gasteiger partial charge >= 0.3 is 11.9 Å². The van der Waals surface area contributed by atoms with Gasteiger partial charge in [0.15, 0.2) is 5.78 Å². The molecule has 1 aliphatic heterocycles. The van der Waals surface area contributed by atoms with Crippen LogP contribution in [0.4, 0.5) is 11.4 Å². The van der Waals surface area contributed by atoms with Crippen LogP contribution in [0, 0.1) is 17.0 Å². The molecule has 2 aromatic rings. The van der Waals surface area contributed by atoms with E-state index in [4.69, 9.17) is 9.47 Å². The summed E-state index contributed by atoms with van der Waals surface area (Å²) in [5.41, 5.74) is 2.38. The monoisotopic (exact) mass is 462 g/mol. The van der Waals surface area contributed by atoms with E-state index in [0.29, 0.717) is 28.9 Å². The van der Waals surface area contributed by atoms with Crippen LogP contribution >= 0.6 is 0 Å². The summed E-state index contributed by atoms with van der Waals surface area (Å²) in [4.78, 5) is 51.8. The Morgan fingerprint density at radius 3 is 2.32 bits per heavy atom. The Morgan fingerprint density at radius 1 is 1.03 bits per heavy atom. The van der Waals surface area contributed by atoms with Crippen molar-refractivity contribution in [2.24, 2.45) is 0 Å². The lowest BCUT2D eigenvalue weighted by atomic mass is 9.79. The number of carbonyl (C=O) groups is 3. The zero-order valence-electron chi connectivity index (χ0n) is 18.9. The first-order valence-corrected chi connectivity index (χ1v) is 10.6. The van der Waals surface area contributed by atoms with Crippen molar-refractivity contribution in [2.75, 3.05) is 19.1 Å². The van der Waals surface area contributed by atoms with Gasteiger partial charge in [-0.3, -0.25) is 14.9 Å². The van der Waals surface area contributed by atoms with Gasteiger partial charge in [0.2, 0.25) is 0 Å². The number of benzene rings is 2. The second-order valence-electron chi connectivity index (χ2n) is 7.99. The van der Waals surface area contributed by atoms with E-state index in [0.717, 1.165) is 5.56 Å². The van der Waals surface area contributed by atoms with Crippen molar-refractivity contribution in [3.63, 3.8) is 0 Å². The quantitative estimate of drug-likeness (QED) is 0.375. The molecule has 1 heterocycles. The summed E-state index contributed by atoms with van der Waals surface area (Å²) in [6.45, 7) is 1.92. The number of allylic oxidation sites excluding steroid dienone is 2. The second-order valence-corrected chi connectivity index (χ2v) is 7.99. The van der Waals surface area contributed by atoms with Crippen LogP contribution in [0.25, 0.3) is 0 Å². The van der Waals surface area contributed by atoms with E-state index in [2.05, 4.69) is 0 Å². The number of nitro benzene ring substituents is 1. The molecular formula is C25H22N2O7. The van der Waals surface area contributed by atoms with Gasteiger partial charge in [0.1, 0.15) is 5.70 Å². The van der Waals surface area contributed by atoms with E-state index in [-0.39, 0.29) is 29.2 Å². The lowest BCUT2D eigenvalue weighted by Gasteiger charge is -2.37. The van der Waals surface area contributed by atoms with Crippen molar-refractivity contribution in [3.8, 4) is 0 Å². The Balaban J connectivity index is 2.07. The highest BCUT2D eigenvalue weighted by molar-refractivity contribution is 6.12. The van der Waals surface area contributed by atoms with Gasteiger partial charge in [-0.2, -0.15) is 0 Å². The number of esters is 2. The summed E-state index contributed by atoms with van der Waals surface area (Å²) in [5.74, 6) is -2.84. The Kier molecular flexibility index (Phi) is 6.02. The van der Waals surface area contributed by atoms with Gasteiger partial charge in [-0.25, -0.2) is 9.59 Å². The molecule has 1 atom stereocenters. The molecule has 34 heavy (non-hydrogen) atoms. The maximum absolute atomic E-state index is 13.1. The minimum absolute atomic E-state index is 0.0804. The summed E-state index contributed by atoms with van der Waals surface area (Å²) in [6, 6.07) is 13.0. The van der Waals surface area contributed by atoms with Gasteiger partial charge in [-0.05, 0) is 31.0 Å². The van der Waals surface area contributed by atoms with Gasteiger partial charge < -0.3 is 14.4 Å². The lowest BCUT2D eigenvalue weighted by Crippen LogP contribution is -2.37. The third-order valence-electron chi connectivity index (χ3n) is 6.02. The van der Waals surface area contributed by atoms with Crippen molar-refractivity contribution in [2.45, 2.75) is 25.7 Å². The van der Waals surface area contributed by atoms with E-state index in [1.54, 1.807) is 23.1 Å². The van der Waals surface area contributed by atoms with Crippen LogP contribution in [0.15, 0.2) is 71.1 Å². The lowest BCUT2D eigenvalue weighted by molar-refractivity contribution is -0.384. The zero-order chi connectivity index (χ0) is 24.6. The number of rotatable bonds is 5. The Bertz CT molecular complexity index is 1270. The summed E-state index contributed by atoms with van der Waals surface area (Å²) in [7, 11) is 2.37. The number of Topliss-reactive ketones (excluding diaryl/α,β-unsaturated/α-hetero) is 1. The fourth-order valence-electron chi connectivity index (χ4n) is 4.51. The highest BCUT2D eigenvalue weighted by Crippen LogP contribution is 2.49. The molecule has 4 rings (SSSR count). The van der Waals surface area contributed by atoms with E-state index in [9.17, 15) is 24.5 Å². The molecule has 0 fully saturated rings. The first kappa shape index (κ1) is 22.9. The molecule has 0 aromatic heterocycles. The number of ketones is 1. The fourth-order valence-corrected chi connectivity index (χ4v) is 4.51. The number of methoxy groups -OCH3 is 2. The fraction of sp³-hybridized carbons (Fsp3) is 0.240. The maximum Gasteiger partial charge on any atom is 0.355 e. The minimum atomic E-state index is -1.02. The van der Waals surface area contributed by atoms with E-state index in [1.165, 1.54) is 32.4 Å². The largest absolute Gasteiger partial charge is 0.466 e. The van der Waals surface area contributed by atoms with Crippen molar-refractivity contribution in [1.82, 2.24) is 0 Å². The third-order valence-corrected chi connectivity index (χ3v) is 6.02. The summed E-state index contributed by atoms with van der Waals surface area (Å²) >= 11 is 0. The van der Waals surface area contributed by atoms with E-state index >= 15 is 0 Å². The van der Waals surface area contributed by atoms with Crippen LogP contribution in [0.1, 0.15) is 29.9 Å². The van der Waals surface area contributed by atoms with Crippen LogP contribution < -0.4 is 4.90 Å². The first-order chi connectivity index (χ1) is 16.3. The number of ether oxygens (including phenoxy) is 2. The molecule has 174 valence electrons. The van der Waals surface area contributed by atoms with Crippen molar-refractivity contribution >= 4 is 29.1 Å². The highest BCUT2D eigenvalue weighted by Gasteiger charge is 2.47. The highest BCUT2D eigenvalue weighted by atomic mass is 16.6. The van der Waals surface area contributed by atoms with E-state index < -0.39 is 22.8 Å². The van der Waals surface area contributed by atoms with Gasteiger partial charge in [-0.1, -0.05) is 29.8 Å². The molecule has 0 amide bonds. The van der Waals surface area contributed by atoms with Gasteiger partial charge in [0.25, 0.3) is 5.69 Å². The Labute approximate surface area is 195 Å². The third kappa shape index (κ3) is 3.75. The number of anilines is 1. The SMILES string of the molecule is COC(=O)C1=C(C(=O)OC)N(c2ccc(C)cc2)C2=C(C(=O)CC2)C1c1cccc([N+](=O)[O-])c1. The average molecular weight is 462 g/mol. The molecule has 0 N–H and O–H groups in total. The Hall–Kier alpha value is -4.27. The average Bonchev–Trinajstić information content (AvgIpc) is 3.23. The van der Waals surface area contributed by atoms with Crippen LogP contribution in [-0.2, 0) is 23.9 Å². The first-order valence-electron chi connectivity index (χ1n) is 10.6. The van der Waals surface area contributed by atoms with Crippen LogP contribution in [0.2, 0.25) is 0 Å². The molecule has 2 aromatic carbocycles. The number of aryl methyl sites for hydroxylation is 1. The normalized spacial score (nSPS) is 17.6. The smallest absolute Gasteiger partial charge is 0.355 e. The molecule has 0 bridgehead atoms. The Morgan fingerprint density at radius 2 is 1.71 bits per heavy atom. The van der Waals surface area contributed by atoms with Crippen LogP contribution in [0.5, 0.6) is 0 Å². The molecule has 0 saturated carbocycles. The number of nitrogens with zero attached hydrogens (tertiary/aromatic N) is 2. The van der Waals surface area contributed by atoms with Crippen molar-refractivity contribution < 1.29 is 28.8 Å². The molecule has 9 nitrogen and oxygen atoms in total. The number of hydrogen-bond donors (Lipinski definition) is 0. The summed E-state index contributed by atoms with van der Waals surface area (Å²) in [5, 5.41) is 11.4. The van der Waals surface area contributed by atoms with Crippen molar-refractivity contribution in [1.29, 1.82) is 0 Å². The van der Waals surface area contributed by atoms with Gasteiger partial charge in [0.05, 0.1) is 24.7 Å². The van der Waals surface area contributed by atoms with Crippen LogP contribution in [-0.4, -0.2) is 36.9 Å². The number of non-ortho nitro benzene ring substituents is 1. The van der Waals surface area contributed by atoms with Gasteiger partial charge in [0, 0.05) is 41.4 Å². The molecular weight excluding hydrogens is 440 g/mol. The molecule has 1 unspecified atom stereocenters. The van der Waals surface area contributed by atoms with E-state index in [1.807, 2.05) is 19.1 Å². The predicted octanol–water partition coefficient (Wildman–Crippen LogP) is 3.72. The molecule has 0 spiro atoms. The topological polar surface area (TPSA) is 116 Å². The molecule has 2 aliphatic rings. The summed E-state index contributed by atoms with van der Waals surface area (Å²) < 4.78 is 10.1. The zero-order valence-corrected chi connectivity index (χ0v) is 18.9. The standard InChI is InChI=1S/C25H22N2O7/c1-14-7-9-16(10-8-14)26-18-11-12-19(28)21(18)20(15-5-4-6-17(13-15)27(31)32)22(24(29)33-2)23(26)25(30)34-3/h4-10,13,20H,11-12H2,1-3H3. The van der Waals surface area contributed by atoms with Crippen molar-refractivity contribution in [3.05, 3.63) is 92.3 Å².